The van der Waals surface area contributed by atoms with Crippen LogP contribution in [0.1, 0.15) is 412 Å². The molecule has 0 rings (SSSR count). The summed E-state index contributed by atoms with van der Waals surface area (Å²) in [6, 6.07) is -0.802. The van der Waals surface area contributed by atoms with Gasteiger partial charge in [0.1, 0.15) is 13.2 Å². The van der Waals surface area contributed by atoms with Gasteiger partial charge in [0.15, 0.2) is 0 Å². The number of phosphoric ester groups is 1. The zero-order valence-corrected chi connectivity index (χ0v) is 63.2. The van der Waals surface area contributed by atoms with Crippen LogP contribution in [0.5, 0.6) is 0 Å². The van der Waals surface area contributed by atoms with Gasteiger partial charge in [-0.1, -0.05) is 408 Å². The van der Waals surface area contributed by atoms with Gasteiger partial charge >= 0.3 is 0 Å². The van der Waals surface area contributed by atoms with Crippen molar-refractivity contribution in [3.8, 4) is 0 Å². The zero-order valence-electron chi connectivity index (χ0n) is 62.3. The van der Waals surface area contributed by atoms with Gasteiger partial charge in [0.25, 0.3) is 7.82 Å². The summed E-state index contributed by atoms with van der Waals surface area (Å²) in [4.78, 5) is 25.8. The monoisotopic (exact) mass is 1310 g/mol. The van der Waals surface area contributed by atoms with Gasteiger partial charge in [-0.2, -0.15) is 0 Å². The second kappa shape index (κ2) is 73.4. The van der Waals surface area contributed by atoms with Crippen molar-refractivity contribution < 1.29 is 32.9 Å². The number of likely N-dealkylation sites (N-methyl/N-ethyl adjacent to an activating group) is 1. The number of carbonyl (C=O) groups is 1. The molecule has 0 aromatic carbocycles. The van der Waals surface area contributed by atoms with Gasteiger partial charge in [-0.3, -0.25) is 9.36 Å². The molecule has 1 amide bonds. The van der Waals surface area contributed by atoms with Crippen LogP contribution >= 0.6 is 7.82 Å². The molecule has 0 bridgehead atoms. The third-order valence-corrected chi connectivity index (χ3v) is 19.7. The second-order valence-electron chi connectivity index (χ2n) is 29.1. The maximum absolute atomic E-state index is 13.1. The highest BCUT2D eigenvalue weighted by molar-refractivity contribution is 7.45. The fourth-order valence-corrected chi connectivity index (χ4v) is 13.3. The Morgan fingerprint density at radius 2 is 0.663 bits per heavy atom. The van der Waals surface area contributed by atoms with Crippen LogP contribution in [-0.4, -0.2) is 68.5 Å². The molecule has 0 aliphatic carbocycles. The summed E-state index contributed by atoms with van der Waals surface area (Å²) < 4.78 is 23.6. The van der Waals surface area contributed by atoms with Crippen molar-refractivity contribution in [3.63, 3.8) is 0 Å². The first-order valence-electron chi connectivity index (χ1n) is 40.6. The summed E-state index contributed by atoms with van der Waals surface area (Å²) in [7, 11) is 1.33. The first kappa shape index (κ1) is 90.2. The largest absolute Gasteiger partial charge is 0.756 e. The highest BCUT2D eigenvalue weighted by atomic mass is 31.2. The van der Waals surface area contributed by atoms with Crippen molar-refractivity contribution >= 4 is 13.7 Å². The van der Waals surface area contributed by atoms with Gasteiger partial charge in [0.05, 0.1) is 39.9 Å². The van der Waals surface area contributed by atoms with E-state index >= 15 is 0 Å². The van der Waals surface area contributed by atoms with Crippen molar-refractivity contribution in [2.45, 2.75) is 424 Å². The topological polar surface area (TPSA) is 108 Å². The molecule has 0 heterocycles. The fourth-order valence-electron chi connectivity index (χ4n) is 12.5. The van der Waals surface area contributed by atoms with Crippen molar-refractivity contribution in [1.29, 1.82) is 0 Å². The smallest absolute Gasteiger partial charge is 0.268 e. The van der Waals surface area contributed by atoms with Crippen LogP contribution in [0.4, 0.5) is 0 Å². The van der Waals surface area contributed by atoms with Crippen LogP contribution < -0.4 is 10.2 Å². The van der Waals surface area contributed by atoms with Crippen molar-refractivity contribution in [3.05, 3.63) is 60.8 Å². The summed E-state index contributed by atoms with van der Waals surface area (Å²) in [6.45, 7) is 4.67. The van der Waals surface area contributed by atoms with Crippen molar-refractivity contribution in [2.75, 3.05) is 40.9 Å². The molecule has 542 valence electrons. The highest BCUT2D eigenvalue weighted by Gasteiger charge is 2.24. The number of carbonyl (C=O) groups excluding carboxylic acids is 1. The lowest BCUT2D eigenvalue weighted by atomic mass is 10.0. The van der Waals surface area contributed by atoms with Crippen LogP contribution in [-0.2, 0) is 18.4 Å². The molecule has 0 radical (unpaired) electrons. The normalized spacial score (nSPS) is 13.8. The number of aliphatic hydroxyl groups is 1. The minimum absolute atomic E-state index is 0.0143. The molecule has 9 heteroatoms. The molecule has 3 unspecified atom stereocenters. The zero-order chi connectivity index (χ0) is 66.9. The Morgan fingerprint density at radius 3 is 0.967 bits per heavy atom. The van der Waals surface area contributed by atoms with Crippen LogP contribution in [0.3, 0.4) is 0 Å². The Balaban J connectivity index is 3.89. The summed E-state index contributed by atoms with van der Waals surface area (Å²) >= 11 is 0. The molecule has 3 atom stereocenters. The van der Waals surface area contributed by atoms with Crippen LogP contribution in [0, 0.1) is 0 Å². The van der Waals surface area contributed by atoms with Gasteiger partial charge < -0.3 is 28.8 Å². The molecule has 0 aromatic heterocycles. The van der Waals surface area contributed by atoms with E-state index in [1.54, 1.807) is 0 Å². The molecule has 0 aliphatic rings. The van der Waals surface area contributed by atoms with E-state index < -0.39 is 20.0 Å². The van der Waals surface area contributed by atoms with Gasteiger partial charge in [0, 0.05) is 6.42 Å². The first-order chi connectivity index (χ1) is 45.0. The van der Waals surface area contributed by atoms with Crippen LogP contribution in [0.15, 0.2) is 60.8 Å². The van der Waals surface area contributed by atoms with Gasteiger partial charge in [-0.05, 0) is 57.8 Å². The fraction of sp³-hybridized carbons (Fsp3) is 0.867. The molecule has 0 saturated heterocycles. The number of quaternary nitrogens is 1. The average molecular weight is 1310 g/mol. The minimum atomic E-state index is -4.58. The van der Waals surface area contributed by atoms with Crippen molar-refractivity contribution in [1.82, 2.24) is 5.32 Å². The maximum atomic E-state index is 13.1. The van der Waals surface area contributed by atoms with Crippen LogP contribution in [0.25, 0.3) is 0 Å². The van der Waals surface area contributed by atoms with E-state index in [1.165, 1.54) is 315 Å². The van der Waals surface area contributed by atoms with E-state index in [1.807, 2.05) is 21.1 Å². The number of unbranched alkanes of at least 4 members (excludes halogenated alkanes) is 53. The maximum Gasteiger partial charge on any atom is 0.268 e. The number of aliphatic hydroxyl groups excluding tert-OH is 1. The molecule has 0 saturated carbocycles. The summed E-state index contributed by atoms with van der Waals surface area (Å²) in [6.07, 6.45) is 102. The predicted molar refractivity (Wildman–Crippen MR) is 404 cm³/mol. The number of nitrogens with one attached hydrogen (secondary N) is 1. The molecule has 0 spiro atoms. The molecule has 92 heavy (non-hydrogen) atoms. The molecule has 0 aromatic rings. The lowest BCUT2D eigenvalue weighted by Crippen LogP contribution is -2.46. The van der Waals surface area contributed by atoms with Crippen molar-refractivity contribution in [2.24, 2.45) is 0 Å². The number of hydrogen-bond donors (Lipinski definition) is 2. The quantitative estimate of drug-likeness (QED) is 0.0272. The lowest BCUT2D eigenvalue weighted by Gasteiger charge is -2.30. The number of phosphoric acid groups is 1. The van der Waals surface area contributed by atoms with E-state index in [2.05, 4.69) is 79.9 Å². The van der Waals surface area contributed by atoms with E-state index in [0.29, 0.717) is 23.9 Å². The summed E-state index contributed by atoms with van der Waals surface area (Å²) in [5.74, 6) is -0.155. The molecule has 2 N–H and O–H groups in total. The van der Waals surface area contributed by atoms with E-state index in [9.17, 15) is 19.4 Å². The number of amides is 1. The van der Waals surface area contributed by atoms with Gasteiger partial charge in [0.2, 0.25) is 5.91 Å². The van der Waals surface area contributed by atoms with E-state index in [4.69, 9.17) is 9.05 Å². The van der Waals surface area contributed by atoms with Crippen LogP contribution in [0.2, 0.25) is 0 Å². The Bertz CT molecular complexity index is 1690. The predicted octanol–water partition coefficient (Wildman–Crippen LogP) is 26.0. The minimum Gasteiger partial charge on any atom is -0.756 e. The molecule has 0 fully saturated rings. The van der Waals surface area contributed by atoms with Gasteiger partial charge in [-0.25, -0.2) is 0 Å². The Morgan fingerprint density at radius 1 is 0.391 bits per heavy atom. The third-order valence-electron chi connectivity index (χ3n) is 18.8. The molecule has 8 nitrogen and oxygen atoms in total. The SMILES string of the molecule is CC/C=C\C/C=C\C/C=C\C/C=C\C/C=C\CCCCCCCCCCCCCCCCCCCCCCCCCCCC(=O)NC(COP(=O)([O-])OCC[N+](C)(C)C)C(O)CCCCCCCCCCCCCCCCCCCCCCCCCCCCCCC. The number of hydrogen-bond acceptors (Lipinski definition) is 6. The molecule has 0 aliphatic heterocycles. The van der Waals surface area contributed by atoms with Gasteiger partial charge in [-0.15, -0.1) is 0 Å². The number of allylic oxidation sites excluding steroid dienone is 10. The van der Waals surface area contributed by atoms with E-state index in [0.717, 1.165) is 70.6 Å². The van der Waals surface area contributed by atoms with E-state index in [-0.39, 0.29) is 19.1 Å². The standard InChI is InChI=1S/C83H159N2O6P/c1-6-8-10-12-14-16-18-20-22-24-26-28-30-32-34-36-37-38-39-40-41-42-43-44-45-46-47-49-51-53-55-57-59-61-63-65-67-69-71-73-75-77-83(87)84-81(80-91-92(88,89)90-79-78-85(3,4)5)82(86)76-74-72-70-68-66-64-62-60-58-56-54-52-50-48-35-33-31-29-27-25-23-21-19-17-15-13-11-9-7-2/h8,10,14,16,20,22,26,28,32,34,81-82,86H,6-7,9,11-13,15,17-19,21,23-25,27,29-31,33,35-80H2,1-5H3,(H-,84,87,88,89)/b10-8-,16-14-,22-20-,28-26-,34-32-. The summed E-state index contributed by atoms with van der Waals surface area (Å²) in [5.41, 5.74) is 0. The Labute approximate surface area is 574 Å². The average Bonchev–Trinajstić information content (AvgIpc) is 2.63. The highest BCUT2D eigenvalue weighted by Crippen LogP contribution is 2.38. The summed E-state index contributed by atoms with van der Waals surface area (Å²) in [5, 5.41) is 14.2. The Hall–Kier alpha value is -1.80. The first-order valence-corrected chi connectivity index (χ1v) is 42.1. The number of nitrogens with zero attached hydrogens (tertiary/aromatic N) is 1. The lowest BCUT2D eigenvalue weighted by molar-refractivity contribution is -0.870. The molecular formula is C83H159N2O6P. The number of rotatable bonds is 76. The third kappa shape index (κ3) is 75.6. The Kier molecular flexibility index (Phi) is 72.0. The second-order valence-corrected chi connectivity index (χ2v) is 30.5. The molecular weight excluding hydrogens is 1150 g/mol.